The van der Waals surface area contributed by atoms with E-state index in [4.69, 9.17) is 16.3 Å². The number of halogens is 1. The van der Waals surface area contributed by atoms with E-state index < -0.39 is 0 Å². The Kier molecular flexibility index (Phi) is 5.24. The molecule has 0 aromatic heterocycles. The summed E-state index contributed by atoms with van der Waals surface area (Å²) in [5.74, 6) is 0.363. The van der Waals surface area contributed by atoms with E-state index in [-0.39, 0.29) is 0 Å². The van der Waals surface area contributed by atoms with E-state index >= 15 is 0 Å². The SMILES string of the molecule is C=CC1COC/C1=C(\CCCC)c1ccc(Cl)cc1. The first-order chi connectivity index (χ1) is 9.26. The van der Waals surface area contributed by atoms with Crippen LogP contribution in [0, 0.1) is 5.92 Å². The molecule has 1 unspecified atom stereocenters. The van der Waals surface area contributed by atoms with Crippen molar-refractivity contribution in [2.75, 3.05) is 13.2 Å². The highest BCUT2D eigenvalue weighted by Crippen LogP contribution is 2.33. The highest BCUT2D eigenvalue weighted by Gasteiger charge is 2.22. The summed E-state index contributed by atoms with van der Waals surface area (Å²) in [7, 11) is 0. The van der Waals surface area contributed by atoms with Crippen molar-refractivity contribution in [2.45, 2.75) is 26.2 Å². The summed E-state index contributed by atoms with van der Waals surface area (Å²) in [6.45, 7) is 7.65. The molecule has 0 aliphatic carbocycles. The van der Waals surface area contributed by atoms with Gasteiger partial charge in [-0.25, -0.2) is 0 Å². The molecule has 1 atom stereocenters. The van der Waals surface area contributed by atoms with Gasteiger partial charge in [-0.1, -0.05) is 43.2 Å². The molecule has 102 valence electrons. The van der Waals surface area contributed by atoms with Gasteiger partial charge in [-0.3, -0.25) is 0 Å². The second-order valence-electron chi connectivity index (χ2n) is 4.97. The second-order valence-corrected chi connectivity index (χ2v) is 5.41. The van der Waals surface area contributed by atoms with Gasteiger partial charge in [-0.2, -0.15) is 0 Å². The first kappa shape index (κ1) is 14.4. The fourth-order valence-electron chi connectivity index (χ4n) is 2.52. The zero-order chi connectivity index (χ0) is 13.7. The van der Waals surface area contributed by atoms with Gasteiger partial charge in [0, 0.05) is 10.9 Å². The Morgan fingerprint density at radius 1 is 1.42 bits per heavy atom. The van der Waals surface area contributed by atoms with Crippen LogP contribution in [0.15, 0.2) is 42.5 Å². The molecular weight excluding hydrogens is 256 g/mol. The molecule has 1 heterocycles. The lowest BCUT2D eigenvalue weighted by atomic mass is 9.90. The van der Waals surface area contributed by atoms with Gasteiger partial charge in [0.25, 0.3) is 0 Å². The molecule has 1 aliphatic heterocycles. The molecule has 2 heteroatoms. The lowest BCUT2D eigenvalue weighted by Gasteiger charge is -2.14. The van der Waals surface area contributed by atoms with Crippen LogP contribution in [-0.2, 0) is 4.74 Å². The fraction of sp³-hybridized carbons (Fsp3) is 0.412. The Morgan fingerprint density at radius 2 is 2.16 bits per heavy atom. The fourth-order valence-corrected chi connectivity index (χ4v) is 2.65. The maximum Gasteiger partial charge on any atom is 0.0689 e. The summed E-state index contributed by atoms with van der Waals surface area (Å²) < 4.78 is 5.61. The minimum Gasteiger partial charge on any atom is -0.376 e. The number of ether oxygens (including phenoxy) is 1. The summed E-state index contributed by atoms with van der Waals surface area (Å²) in [6.07, 6.45) is 5.50. The molecule has 19 heavy (non-hydrogen) atoms. The number of allylic oxidation sites excluding steroid dienone is 1. The van der Waals surface area contributed by atoms with Crippen molar-refractivity contribution in [3.8, 4) is 0 Å². The Hall–Kier alpha value is -1.05. The molecule has 1 aromatic carbocycles. The van der Waals surface area contributed by atoms with Crippen molar-refractivity contribution in [3.63, 3.8) is 0 Å². The van der Waals surface area contributed by atoms with Crippen LogP contribution in [-0.4, -0.2) is 13.2 Å². The van der Waals surface area contributed by atoms with E-state index in [0.29, 0.717) is 5.92 Å². The van der Waals surface area contributed by atoms with Crippen LogP contribution in [0.5, 0.6) is 0 Å². The quantitative estimate of drug-likeness (QED) is 0.679. The van der Waals surface area contributed by atoms with Crippen molar-refractivity contribution >= 4 is 17.2 Å². The molecule has 1 aromatic rings. The minimum atomic E-state index is 0.363. The zero-order valence-corrected chi connectivity index (χ0v) is 12.2. The largest absolute Gasteiger partial charge is 0.376 e. The van der Waals surface area contributed by atoms with Crippen molar-refractivity contribution in [1.29, 1.82) is 0 Å². The molecule has 0 spiro atoms. The normalized spacial score (nSPS) is 21.5. The van der Waals surface area contributed by atoms with Crippen LogP contribution < -0.4 is 0 Å². The van der Waals surface area contributed by atoms with Crippen LogP contribution in [0.2, 0.25) is 5.02 Å². The van der Waals surface area contributed by atoms with Gasteiger partial charge in [0.15, 0.2) is 0 Å². The first-order valence-corrected chi connectivity index (χ1v) is 7.32. The number of rotatable bonds is 5. The Bertz CT molecular complexity index is 459. The molecule has 0 saturated carbocycles. The van der Waals surface area contributed by atoms with E-state index in [2.05, 4.69) is 25.6 Å². The summed E-state index contributed by atoms with van der Waals surface area (Å²) >= 11 is 5.98. The molecule has 0 radical (unpaired) electrons. The van der Waals surface area contributed by atoms with Gasteiger partial charge >= 0.3 is 0 Å². The Labute approximate surface area is 120 Å². The van der Waals surface area contributed by atoms with Gasteiger partial charge < -0.3 is 4.74 Å². The maximum atomic E-state index is 5.98. The van der Waals surface area contributed by atoms with Crippen molar-refractivity contribution in [1.82, 2.24) is 0 Å². The van der Waals surface area contributed by atoms with Crippen molar-refractivity contribution in [3.05, 3.63) is 53.1 Å². The smallest absolute Gasteiger partial charge is 0.0689 e. The van der Waals surface area contributed by atoms with Crippen molar-refractivity contribution in [2.24, 2.45) is 5.92 Å². The number of unbranched alkanes of at least 4 members (excludes halogenated alkanes) is 1. The van der Waals surface area contributed by atoms with E-state index in [9.17, 15) is 0 Å². The molecule has 0 N–H and O–H groups in total. The van der Waals surface area contributed by atoms with Gasteiger partial charge in [-0.15, -0.1) is 6.58 Å². The van der Waals surface area contributed by atoms with Gasteiger partial charge in [-0.05, 0) is 41.7 Å². The van der Waals surface area contributed by atoms with Crippen LogP contribution in [0.1, 0.15) is 31.7 Å². The predicted molar refractivity (Wildman–Crippen MR) is 82.4 cm³/mol. The third kappa shape index (κ3) is 3.49. The van der Waals surface area contributed by atoms with E-state index in [0.717, 1.165) is 24.7 Å². The topological polar surface area (TPSA) is 9.23 Å². The summed E-state index contributed by atoms with van der Waals surface area (Å²) in [6, 6.07) is 8.14. The summed E-state index contributed by atoms with van der Waals surface area (Å²) in [4.78, 5) is 0. The molecule has 2 rings (SSSR count). The first-order valence-electron chi connectivity index (χ1n) is 6.94. The molecule has 0 bridgehead atoms. The standard InChI is InChI=1S/C17H21ClO/c1-3-5-6-16(14-7-9-15(18)10-8-14)17-12-19-11-13(17)4-2/h4,7-10,13H,2-3,5-6,11-12H2,1H3/b17-16-. The average Bonchev–Trinajstić information content (AvgIpc) is 2.89. The van der Waals surface area contributed by atoms with E-state index in [1.54, 1.807) is 0 Å². The third-order valence-electron chi connectivity index (χ3n) is 3.65. The highest BCUT2D eigenvalue weighted by molar-refractivity contribution is 6.30. The Balaban J connectivity index is 2.37. The average molecular weight is 277 g/mol. The molecular formula is C17H21ClO. The summed E-state index contributed by atoms with van der Waals surface area (Å²) in [5, 5.41) is 0.784. The zero-order valence-electron chi connectivity index (χ0n) is 11.5. The summed E-state index contributed by atoms with van der Waals surface area (Å²) in [5.41, 5.74) is 4.08. The van der Waals surface area contributed by atoms with Crippen LogP contribution >= 0.6 is 11.6 Å². The van der Waals surface area contributed by atoms with Gasteiger partial charge in [0.2, 0.25) is 0 Å². The minimum absolute atomic E-state index is 0.363. The van der Waals surface area contributed by atoms with Crippen LogP contribution in [0.3, 0.4) is 0 Å². The Morgan fingerprint density at radius 3 is 2.79 bits per heavy atom. The monoisotopic (exact) mass is 276 g/mol. The molecule has 1 saturated heterocycles. The van der Waals surface area contributed by atoms with Crippen LogP contribution in [0.25, 0.3) is 5.57 Å². The van der Waals surface area contributed by atoms with E-state index in [1.807, 2.05) is 18.2 Å². The maximum absolute atomic E-state index is 5.98. The molecule has 1 fully saturated rings. The highest BCUT2D eigenvalue weighted by atomic mass is 35.5. The van der Waals surface area contributed by atoms with E-state index in [1.165, 1.54) is 29.6 Å². The van der Waals surface area contributed by atoms with Gasteiger partial charge in [0.05, 0.1) is 13.2 Å². The van der Waals surface area contributed by atoms with Crippen molar-refractivity contribution < 1.29 is 4.74 Å². The third-order valence-corrected chi connectivity index (χ3v) is 3.90. The number of benzene rings is 1. The number of hydrogen-bond donors (Lipinski definition) is 0. The molecule has 1 aliphatic rings. The predicted octanol–water partition coefficient (Wildman–Crippen LogP) is 5.12. The lowest BCUT2D eigenvalue weighted by molar-refractivity contribution is 0.195. The van der Waals surface area contributed by atoms with Gasteiger partial charge in [0.1, 0.15) is 0 Å². The lowest BCUT2D eigenvalue weighted by Crippen LogP contribution is -2.01. The molecule has 0 amide bonds. The second kappa shape index (κ2) is 6.93. The van der Waals surface area contributed by atoms with Crippen LogP contribution in [0.4, 0.5) is 0 Å². The molecule has 1 nitrogen and oxygen atoms in total. The number of hydrogen-bond acceptors (Lipinski definition) is 1.